The quantitative estimate of drug-likeness (QED) is 0.0925. The summed E-state index contributed by atoms with van der Waals surface area (Å²) in [6.45, 7) is 20.6. The predicted octanol–water partition coefficient (Wildman–Crippen LogP) is 21.9. The first-order valence-corrected chi connectivity index (χ1v) is 37.2. The van der Waals surface area contributed by atoms with E-state index < -0.39 is 0 Å². The largest absolute Gasteiger partial charge is 0.480 e. The molecule has 19 heteroatoms. The van der Waals surface area contributed by atoms with E-state index in [1.165, 1.54) is 76.3 Å². The van der Waals surface area contributed by atoms with E-state index in [9.17, 15) is 0 Å². The molecular weight excluding hydrogens is 2300 g/mol. The molecule has 583 valence electrons. The van der Waals surface area contributed by atoms with E-state index in [0.717, 1.165) is 119 Å². The Balaban J connectivity index is 0.000000132. The molecule has 114 heavy (non-hydrogen) atoms. The Morgan fingerprint density at radius 3 is 1.25 bits per heavy atom. The van der Waals surface area contributed by atoms with Crippen LogP contribution in [-0.4, -0.2) is 84.7 Å². The summed E-state index contributed by atoms with van der Waals surface area (Å²) in [6.07, 6.45) is 11.3. The van der Waals surface area contributed by atoms with Crippen LogP contribution in [0.2, 0.25) is 0 Å². The van der Waals surface area contributed by atoms with Crippen molar-refractivity contribution in [3.8, 4) is 17.1 Å². The van der Waals surface area contributed by atoms with Crippen LogP contribution in [-0.2, 0) is 113 Å². The third kappa shape index (κ3) is 15.2. The number of imidazole rings is 6. The fraction of sp³-hybridized carbons (Fsp3) is 0.179. The molecule has 14 nitrogen and oxygen atoms in total. The number of aryl methyl sites for hydroxylation is 4. The molecule has 0 amide bonds. The Labute approximate surface area is 730 Å². The molecule has 0 unspecified atom stereocenters. The van der Waals surface area contributed by atoms with Gasteiger partial charge in [0.2, 0.25) is 11.7 Å². The van der Waals surface area contributed by atoms with E-state index in [1.807, 2.05) is 73.1 Å². The smallest absolute Gasteiger partial charge is 0.235 e. The molecule has 0 aliphatic carbocycles. The fourth-order valence-corrected chi connectivity index (χ4v) is 15.5. The zero-order valence-electron chi connectivity index (χ0n) is 65.4. The summed E-state index contributed by atoms with van der Waals surface area (Å²) >= 11 is 0. The van der Waals surface area contributed by atoms with Crippen molar-refractivity contribution in [2.24, 2.45) is 5.41 Å². The number of hydrogen-bond donors (Lipinski definition) is 0. The van der Waals surface area contributed by atoms with Gasteiger partial charge >= 0.3 is 0 Å². The number of rotatable bonds is 6. The van der Waals surface area contributed by atoms with Crippen LogP contribution in [0.3, 0.4) is 0 Å². The number of methoxy groups -OCH3 is 1. The van der Waals surface area contributed by atoms with E-state index >= 15 is 0 Å². The van der Waals surface area contributed by atoms with Crippen molar-refractivity contribution >= 4 is 143 Å². The average molecular weight is 2380 g/mol. The Morgan fingerprint density at radius 2 is 0.816 bits per heavy atom. The molecule has 0 atom stereocenters. The van der Waals surface area contributed by atoms with Gasteiger partial charge in [0, 0.05) is 170 Å². The van der Waals surface area contributed by atoms with Crippen LogP contribution in [0.4, 0.5) is 5.82 Å². The second-order valence-electron chi connectivity index (χ2n) is 30.5. The van der Waals surface area contributed by atoms with Crippen LogP contribution in [0.15, 0.2) is 237 Å². The summed E-state index contributed by atoms with van der Waals surface area (Å²) in [5.41, 5.74) is 18.8. The van der Waals surface area contributed by atoms with Gasteiger partial charge in [0.25, 0.3) is 0 Å². The number of para-hydroxylation sites is 4. The molecule has 11 heterocycles. The number of fused-ring (bicyclic) bond motifs is 30. The average Bonchev–Trinajstić information content (AvgIpc) is 1.56. The van der Waals surface area contributed by atoms with Crippen LogP contribution in [0.1, 0.15) is 75.8 Å². The van der Waals surface area contributed by atoms with Gasteiger partial charge in [-0.3, -0.25) is 19.4 Å². The number of pyridine rings is 5. The minimum Gasteiger partial charge on any atom is -0.480 e. The number of hydrogen-bond acceptors (Lipinski definition) is 7. The van der Waals surface area contributed by atoms with Crippen LogP contribution < -0.4 is 9.22 Å². The van der Waals surface area contributed by atoms with Crippen LogP contribution >= 0.6 is 0 Å². The zero-order valence-corrected chi connectivity index (χ0v) is 77.4. The van der Waals surface area contributed by atoms with E-state index in [1.54, 1.807) is 7.11 Å². The van der Waals surface area contributed by atoms with Gasteiger partial charge in [0.15, 0.2) is 0 Å². The van der Waals surface area contributed by atoms with Crippen molar-refractivity contribution in [3.05, 3.63) is 296 Å². The maximum atomic E-state index is 5.25. The molecule has 0 aliphatic rings. The molecule has 0 bridgehead atoms. The Hall–Kier alpha value is -9.53. The minimum atomic E-state index is 0. The van der Waals surface area contributed by atoms with Crippen molar-refractivity contribution in [1.29, 1.82) is 0 Å². The van der Waals surface area contributed by atoms with Crippen molar-refractivity contribution in [1.82, 2.24) is 61.0 Å². The third-order valence-corrected chi connectivity index (χ3v) is 20.7. The molecule has 0 fully saturated rings. The molecule has 0 saturated heterocycles. The third-order valence-electron chi connectivity index (χ3n) is 20.7. The van der Waals surface area contributed by atoms with Gasteiger partial charge in [-0.1, -0.05) is 170 Å². The van der Waals surface area contributed by atoms with Crippen molar-refractivity contribution in [2.75, 3.05) is 28.3 Å². The second kappa shape index (κ2) is 34.1. The van der Waals surface area contributed by atoms with Gasteiger partial charge < -0.3 is 31.3 Å². The molecule has 11 aromatic heterocycles. The maximum absolute atomic E-state index is 5.25. The summed E-state index contributed by atoms with van der Waals surface area (Å²) in [5, 5.41) is 16.2. The Kier molecular flexibility index (Phi) is 25.1. The van der Waals surface area contributed by atoms with Gasteiger partial charge in [0.05, 0.1) is 74.6 Å². The molecular formula is C95H83Ir5N13O-4. The number of quaternary nitrogens is 1. The SMILES string of the molecule is CC(C)c1cn2c3ccccc3c3ccc[c-]c3c2n1.CCc1cn2c3ccccc3c3ccc[c-]c3c2n1.COc1cn2c3ccccc3c3ccc[c-]c3c2n1.C[N+](C)(C)c1cn2c3ccccc3c3ccc[c-]c3c2n1.Cc1cccc(C)c1-c1cnc2c3[c-]cccc3c3c(nc(C)n3CC(C)(C)C)n12.[Ir].[Ir].[Ir].[Ir].[Ir]. The summed E-state index contributed by atoms with van der Waals surface area (Å²) < 4.78 is 19.2. The second-order valence-corrected chi connectivity index (χ2v) is 30.5. The number of nitrogens with zero attached hydrogens (tertiary/aromatic N) is 13. The van der Waals surface area contributed by atoms with E-state index in [-0.39, 0.29) is 106 Å². The predicted molar refractivity (Wildman–Crippen MR) is 450 cm³/mol. The summed E-state index contributed by atoms with van der Waals surface area (Å²) in [7, 11) is 8.04. The summed E-state index contributed by atoms with van der Waals surface area (Å²) in [6, 6.07) is 87.6. The van der Waals surface area contributed by atoms with Gasteiger partial charge in [-0.15, -0.1) is 137 Å². The van der Waals surface area contributed by atoms with Crippen LogP contribution in [0, 0.1) is 56.5 Å². The van der Waals surface area contributed by atoms with Gasteiger partial charge in [-0.2, -0.15) is 0 Å². The topological polar surface area (TPSA) is 114 Å². The molecule has 10 aromatic carbocycles. The summed E-state index contributed by atoms with van der Waals surface area (Å²) in [5.74, 6) is 3.12. The first kappa shape index (κ1) is 83.9. The Bertz CT molecular complexity index is 6670. The minimum absolute atomic E-state index is 0. The number of ether oxygens (including phenoxy) is 1. The molecule has 21 rings (SSSR count). The molecule has 21 aromatic rings. The normalized spacial score (nSPS) is 11.5. The monoisotopic (exact) mass is 2390 g/mol. The number of benzene rings is 10. The molecule has 0 spiro atoms. The Morgan fingerprint density at radius 1 is 0.421 bits per heavy atom. The van der Waals surface area contributed by atoms with E-state index in [0.29, 0.717) is 16.3 Å². The van der Waals surface area contributed by atoms with E-state index in [2.05, 4.69) is 310 Å². The van der Waals surface area contributed by atoms with E-state index in [4.69, 9.17) is 29.7 Å². The molecule has 0 aliphatic heterocycles. The van der Waals surface area contributed by atoms with Crippen molar-refractivity contribution < 1.29 is 105 Å². The van der Waals surface area contributed by atoms with Crippen LogP contribution in [0.25, 0.3) is 148 Å². The van der Waals surface area contributed by atoms with Crippen molar-refractivity contribution in [2.45, 2.75) is 81.2 Å². The van der Waals surface area contributed by atoms with Crippen LogP contribution in [0.5, 0.6) is 5.88 Å². The first-order chi connectivity index (χ1) is 52.8. The van der Waals surface area contributed by atoms with Gasteiger partial charge in [0.1, 0.15) is 11.5 Å². The molecule has 0 N–H and O–H groups in total. The fourth-order valence-electron chi connectivity index (χ4n) is 15.5. The zero-order chi connectivity index (χ0) is 75.1. The molecule has 5 radical (unpaired) electrons. The first-order valence-electron chi connectivity index (χ1n) is 37.2. The number of aromatic nitrogens is 12. The maximum Gasteiger partial charge on any atom is 0.235 e. The van der Waals surface area contributed by atoms with Gasteiger partial charge in [-0.05, 0) is 95.5 Å². The standard InChI is InChI=1S/C26H27N4.C18H17N3.C18H15N2.C17H13N2.C16H11N2O.5Ir/c1-16-10-9-11-17(2)22(16)21-14-27-24-20-13-8-7-12-19(20)23-25(30(21)24)28-18(3)29(23)15-26(4,5)6;1-21(2,3)17-12-20-16-11-7-6-9-14(16)13-8-4-5-10-15(13)18(20)19-17;1-12(2)16-11-20-17-10-6-5-8-14(17)13-7-3-4-9-15(13)18(20)19-16;1-2-12-11-19-16-10-6-5-8-14(16)13-7-3-4-9-15(13)17(19)18-12;1-19-15-10-18-14-9-5-4-7-12(14)11-6-2-3-8-13(11)16(18)17-15;;;;;/h7-12,14H,15H2,1-6H3;4-9,11-12H,1-3H3;3-8,10-12H,1-2H3;3-8,10-11H,2H2,1H3;2-7,9-10H,1H3;;;;;/q-1;;3*-1;;;;;. The molecule has 0 saturated carbocycles. The van der Waals surface area contributed by atoms with Crippen molar-refractivity contribution in [3.63, 3.8) is 0 Å². The van der Waals surface area contributed by atoms with Gasteiger partial charge in [-0.25, -0.2) is 15.0 Å². The summed E-state index contributed by atoms with van der Waals surface area (Å²) in [4.78, 5) is 28.9.